The molecule has 0 aromatic heterocycles. The van der Waals surface area contributed by atoms with Crippen LogP contribution in [0.4, 0.5) is 0 Å². The van der Waals surface area contributed by atoms with Crippen molar-refractivity contribution < 1.29 is 4.74 Å². The first-order valence-electron chi connectivity index (χ1n) is 7.36. The van der Waals surface area contributed by atoms with E-state index >= 15 is 0 Å². The van der Waals surface area contributed by atoms with E-state index in [1.165, 1.54) is 29.8 Å². The molecule has 3 heteroatoms. The number of nitrogens with zero attached hydrogens (tertiary/aromatic N) is 1. The van der Waals surface area contributed by atoms with Crippen LogP contribution in [0, 0.1) is 13.8 Å². The van der Waals surface area contributed by atoms with Crippen molar-refractivity contribution in [1.29, 1.82) is 0 Å². The van der Waals surface area contributed by atoms with Gasteiger partial charge in [-0.2, -0.15) is 0 Å². The molecule has 1 aromatic rings. The molecule has 1 aromatic carbocycles. The third kappa shape index (κ3) is 3.95. The Morgan fingerprint density at radius 2 is 1.89 bits per heavy atom. The van der Waals surface area contributed by atoms with Crippen LogP contribution in [0.15, 0.2) is 12.1 Å². The zero-order chi connectivity index (χ0) is 13.7. The van der Waals surface area contributed by atoms with Crippen molar-refractivity contribution in [1.82, 2.24) is 10.2 Å². The quantitative estimate of drug-likeness (QED) is 0.880. The minimum Gasteiger partial charge on any atom is -0.494 e. The van der Waals surface area contributed by atoms with Crippen molar-refractivity contribution >= 4 is 0 Å². The molecule has 0 unspecified atom stereocenters. The summed E-state index contributed by atoms with van der Waals surface area (Å²) < 4.78 is 5.65. The van der Waals surface area contributed by atoms with Gasteiger partial charge in [-0.25, -0.2) is 0 Å². The van der Waals surface area contributed by atoms with Crippen LogP contribution in [0.1, 0.15) is 23.6 Å². The second-order valence-corrected chi connectivity index (χ2v) is 5.32. The Hall–Kier alpha value is -1.06. The van der Waals surface area contributed by atoms with Gasteiger partial charge in [-0.15, -0.1) is 0 Å². The van der Waals surface area contributed by atoms with Gasteiger partial charge in [-0.05, 0) is 49.9 Å². The first kappa shape index (κ1) is 14.4. The van der Waals surface area contributed by atoms with Crippen LogP contribution < -0.4 is 10.1 Å². The van der Waals surface area contributed by atoms with E-state index in [2.05, 4.69) is 36.2 Å². The molecule has 3 nitrogen and oxygen atoms in total. The molecule has 1 saturated heterocycles. The minimum atomic E-state index is 0.737. The van der Waals surface area contributed by atoms with E-state index in [1.807, 2.05) is 6.92 Å². The van der Waals surface area contributed by atoms with E-state index in [9.17, 15) is 0 Å². The standard InChI is InChI=1S/C16H26N2O/c1-4-19-16-12-13(2)15(11-14(16)3)5-8-18-9-6-17-7-10-18/h11-12,17H,4-10H2,1-3H3. The van der Waals surface area contributed by atoms with Crippen LogP contribution in [-0.2, 0) is 6.42 Å². The predicted octanol–water partition coefficient (Wildman–Crippen LogP) is 2.15. The third-order valence-corrected chi connectivity index (χ3v) is 3.84. The Morgan fingerprint density at radius 1 is 1.16 bits per heavy atom. The summed E-state index contributed by atoms with van der Waals surface area (Å²) in [5.74, 6) is 1.03. The lowest BCUT2D eigenvalue weighted by Gasteiger charge is -2.27. The van der Waals surface area contributed by atoms with Crippen LogP contribution in [0.5, 0.6) is 5.75 Å². The predicted molar refractivity (Wildman–Crippen MR) is 80.1 cm³/mol. The maximum Gasteiger partial charge on any atom is 0.122 e. The van der Waals surface area contributed by atoms with Gasteiger partial charge in [0.05, 0.1) is 6.61 Å². The van der Waals surface area contributed by atoms with Crippen molar-refractivity contribution in [3.8, 4) is 5.75 Å². The second-order valence-electron chi connectivity index (χ2n) is 5.32. The number of hydrogen-bond acceptors (Lipinski definition) is 3. The van der Waals surface area contributed by atoms with Crippen LogP contribution in [-0.4, -0.2) is 44.2 Å². The van der Waals surface area contributed by atoms with Gasteiger partial charge in [-0.1, -0.05) is 6.07 Å². The number of ether oxygens (including phenoxy) is 1. The molecule has 19 heavy (non-hydrogen) atoms. The fourth-order valence-corrected chi connectivity index (χ4v) is 2.64. The molecule has 0 atom stereocenters. The van der Waals surface area contributed by atoms with Crippen molar-refractivity contribution in [2.45, 2.75) is 27.2 Å². The normalized spacial score (nSPS) is 16.6. The number of nitrogens with one attached hydrogen (secondary N) is 1. The summed E-state index contributed by atoms with van der Waals surface area (Å²) >= 11 is 0. The second kappa shape index (κ2) is 6.92. The van der Waals surface area contributed by atoms with Gasteiger partial charge in [0, 0.05) is 32.7 Å². The Labute approximate surface area is 116 Å². The van der Waals surface area contributed by atoms with Crippen LogP contribution in [0.3, 0.4) is 0 Å². The average molecular weight is 262 g/mol. The largest absolute Gasteiger partial charge is 0.494 e. The van der Waals surface area contributed by atoms with Crippen LogP contribution in [0.2, 0.25) is 0 Å². The van der Waals surface area contributed by atoms with E-state index in [4.69, 9.17) is 4.74 Å². The highest BCUT2D eigenvalue weighted by molar-refractivity contribution is 5.41. The number of piperazine rings is 1. The van der Waals surface area contributed by atoms with Crippen molar-refractivity contribution in [2.24, 2.45) is 0 Å². The number of aryl methyl sites for hydroxylation is 2. The zero-order valence-electron chi connectivity index (χ0n) is 12.5. The Balaban J connectivity index is 1.97. The van der Waals surface area contributed by atoms with E-state index in [0.29, 0.717) is 0 Å². The number of rotatable bonds is 5. The average Bonchev–Trinajstić information content (AvgIpc) is 2.42. The summed E-state index contributed by atoms with van der Waals surface area (Å²) in [7, 11) is 0. The fraction of sp³-hybridized carbons (Fsp3) is 0.625. The van der Waals surface area contributed by atoms with E-state index < -0.39 is 0 Å². The van der Waals surface area contributed by atoms with E-state index in [-0.39, 0.29) is 0 Å². The van der Waals surface area contributed by atoms with Crippen molar-refractivity contribution in [3.05, 3.63) is 28.8 Å². The fourth-order valence-electron chi connectivity index (χ4n) is 2.64. The first-order valence-corrected chi connectivity index (χ1v) is 7.36. The highest BCUT2D eigenvalue weighted by Crippen LogP contribution is 2.23. The molecule has 0 aliphatic carbocycles. The molecule has 0 radical (unpaired) electrons. The van der Waals surface area contributed by atoms with Gasteiger partial charge in [-0.3, -0.25) is 0 Å². The molecular weight excluding hydrogens is 236 g/mol. The van der Waals surface area contributed by atoms with Gasteiger partial charge >= 0.3 is 0 Å². The lowest BCUT2D eigenvalue weighted by Crippen LogP contribution is -2.44. The van der Waals surface area contributed by atoms with Crippen LogP contribution in [0.25, 0.3) is 0 Å². The minimum absolute atomic E-state index is 0.737. The highest BCUT2D eigenvalue weighted by Gasteiger charge is 2.11. The molecule has 1 fully saturated rings. The summed E-state index contributed by atoms with van der Waals surface area (Å²) in [6.07, 6.45) is 1.14. The molecule has 0 saturated carbocycles. The molecule has 1 N–H and O–H groups in total. The molecule has 0 spiro atoms. The van der Waals surface area contributed by atoms with Crippen molar-refractivity contribution in [3.63, 3.8) is 0 Å². The van der Waals surface area contributed by atoms with Gasteiger partial charge < -0.3 is 15.0 Å². The smallest absolute Gasteiger partial charge is 0.122 e. The van der Waals surface area contributed by atoms with Gasteiger partial charge in [0.2, 0.25) is 0 Å². The molecule has 2 rings (SSSR count). The third-order valence-electron chi connectivity index (χ3n) is 3.84. The van der Waals surface area contributed by atoms with Crippen molar-refractivity contribution in [2.75, 3.05) is 39.3 Å². The molecule has 0 bridgehead atoms. The molecule has 1 heterocycles. The molecule has 0 amide bonds. The molecule has 106 valence electrons. The van der Waals surface area contributed by atoms with Gasteiger partial charge in [0.1, 0.15) is 5.75 Å². The lowest BCUT2D eigenvalue weighted by molar-refractivity contribution is 0.243. The Bertz CT molecular complexity index is 411. The maximum atomic E-state index is 5.65. The summed E-state index contributed by atoms with van der Waals surface area (Å²) in [5.41, 5.74) is 4.06. The SMILES string of the molecule is CCOc1cc(C)c(CCN2CCNCC2)cc1C. The van der Waals surface area contributed by atoms with E-state index in [0.717, 1.165) is 38.4 Å². The summed E-state index contributed by atoms with van der Waals surface area (Å²) in [6.45, 7) is 12.9. The van der Waals surface area contributed by atoms with E-state index in [1.54, 1.807) is 0 Å². The molecule has 1 aliphatic rings. The van der Waals surface area contributed by atoms with Gasteiger partial charge in [0.15, 0.2) is 0 Å². The van der Waals surface area contributed by atoms with Gasteiger partial charge in [0.25, 0.3) is 0 Å². The summed E-state index contributed by atoms with van der Waals surface area (Å²) in [4.78, 5) is 2.54. The topological polar surface area (TPSA) is 24.5 Å². The number of hydrogen-bond donors (Lipinski definition) is 1. The monoisotopic (exact) mass is 262 g/mol. The molecular formula is C16H26N2O. The lowest BCUT2D eigenvalue weighted by atomic mass is 10.0. The van der Waals surface area contributed by atoms with Crippen LogP contribution >= 0.6 is 0 Å². The summed E-state index contributed by atoms with van der Waals surface area (Å²) in [5, 5.41) is 3.40. The Morgan fingerprint density at radius 3 is 2.58 bits per heavy atom. The number of benzene rings is 1. The first-order chi connectivity index (χ1) is 9.20. The maximum absolute atomic E-state index is 5.65. The highest BCUT2D eigenvalue weighted by atomic mass is 16.5. The summed E-state index contributed by atoms with van der Waals surface area (Å²) in [6, 6.07) is 4.48. The molecule has 1 aliphatic heterocycles. The zero-order valence-corrected chi connectivity index (χ0v) is 12.5. The Kier molecular flexibility index (Phi) is 5.23.